The number of aliphatic hydroxyl groups excluding tert-OH is 1. The summed E-state index contributed by atoms with van der Waals surface area (Å²) in [6, 6.07) is 2.02. The number of rotatable bonds is 6. The van der Waals surface area contributed by atoms with Gasteiger partial charge in [0.25, 0.3) is 0 Å². The van der Waals surface area contributed by atoms with E-state index >= 15 is 0 Å². The van der Waals surface area contributed by atoms with Crippen molar-refractivity contribution in [1.82, 2.24) is 5.32 Å². The molecule has 4 heteroatoms. The molecule has 14 heavy (non-hydrogen) atoms. The van der Waals surface area contributed by atoms with Gasteiger partial charge in [-0.3, -0.25) is 0 Å². The number of hydrogen-bond acceptors (Lipinski definition) is 4. The Labute approximate surface area is 88.7 Å². The van der Waals surface area contributed by atoms with Crippen LogP contribution in [-0.4, -0.2) is 31.9 Å². The van der Waals surface area contributed by atoms with Gasteiger partial charge in [-0.05, 0) is 23.9 Å². The highest BCUT2D eigenvalue weighted by atomic mass is 32.1. The summed E-state index contributed by atoms with van der Waals surface area (Å²) in [6.07, 6.45) is -0.406. The molecule has 0 aliphatic rings. The van der Waals surface area contributed by atoms with E-state index in [0.29, 0.717) is 13.2 Å². The van der Waals surface area contributed by atoms with Gasteiger partial charge in [-0.15, -0.1) is 11.3 Å². The molecule has 1 aromatic heterocycles. The molecule has 1 rings (SSSR count). The van der Waals surface area contributed by atoms with Crippen molar-refractivity contribution in [2.45, 2.75) is 13.0 Å². The molecular weight excluding hydrogens is 198 g/mol. The minimum atomic E-state index is -0.406. The number of nitrogens with one attached hydrogen (secondary N) is 1. The van der Waals surface area contributed by atoms with Crippen molar-refractivity contribution in [2.24, 2.45) is 0 Å². The monoisotopic (exact) mass is 215 g/mol. The molecular formula is C10H17NO2S. The van der Waals surface area contributed by atoms with Crippen molar-refractivity contribution >= 4 is 11.3 Å². The van der Waals surface area contributed by atoms with E-state index in [4.69, 9.17) is 4.74 Å². The van der Waals surface area contributed by atoms with Gasteiger partial charge in [0.05, 0.1) is 12.7 Å². The molecule has 0 saturated carbocycles. The van der Waals surface area contributed by atoms with Crippen LogP contribution >= 0.6 is 11.3 Å². The van der Waals surface area contributed by atoms with Crippen LogP contribution in [0.2, 0.25) is 0 Å². The summed E-state index contributed by atoms with van der Waals surface area (Å²) in [5.41, 5.74) is 0.998. The van der Waals surface area contributed by atoms with Gasteiger partial charge in [0.1, 0.15) is 0 Å². The summed E-state index contributed by atoms with van der Waals surface area (Å²) < 4.78 is 4.89. The minimum absolute atomic E-state index is 0.406. The average molecular weight is 215 g/mol. The third-order valence-corrected chi connectivity index (χ3v) is 2.84. The van der Waals surface area contributed by atoms with Crippen LogP contribution in [0, 0.1) is 6.92 Å². The highest BCUT2D eigenvalue weighted by Gasteiger charge is 2.07. The zero-order valence-corrected chi connectivity index (χ0v) is 9.43. The van der Waals surface area contributed by atoms with Crippen molar-refractivity contribution in [3.63, 3.8) is 0 Å². The van der Waals surface area contributed by atoms with Crippen LogP contribution in [0.5, 0.6) is 0 Å². The molecule has 3 nitrogen and oxygen atoms in total. The molecule has 0 amide bonds. The number of hydrogen-bond donors (Lipinski definition) is 2. The number of thiophene rings is 1. The maximum absolute atomic E-state index is 9.74. The normalized spacial score (nSPS) is 13.1. The minimum Gasteiger partial charge on any atom is -0.387 e. The van der Waals surface area contributed by atoms with Crippen LogP contribution in [0.15, 0.2) is 11.4 Å². The van der Waals surface area contributed by atoms with E-state index in [2.05, 4.69) is 5.32 Å². The van der Waals surface area contributed by atoms with Crippen LogP contribution in [0.3, 0.4) is 0 Å². The Morgan fingerprint density at radius 3 is 3.00 bits per heavy atom. The topological polar surface area (TPSA) is 41.5 Å². The molecule has 1 heterocycles. The quantitative estimate of drug-likeness (QED) is 0.703. The van der Waals surface area contributed by atoms with E-state index in [1.165, 1.54) is 4.88 Å². The van der Waals surface area contributed by atoms with Gasteiger partial charge in [-0.2, -0.15) is 0 Å². The molecule has 0 aliphatic carbocycles. The Kier molecular flexibility index (Phi) is 5.11. The summed E-state index contributed by atoms with van der Waals surface area (Å²) in [6.45, 7) is 4.07. The van der Waals surface area contributed by atoms with E-state index < -0.39 is 6.10 Å². The van der Waals surface area contributed by atoms with Crippen LogP contribution in [0.4, 0.5) is 0 Å². The first-order valence-electron chi connectivity index (χ1n) is 4.67. The molecule has 1 unspecified atom stereocenters. The van der Waals surface area contributed by atoms with Crippen molar-refractivity contribution in [3.05, 3.63) is 21.9 Å². The Morgan fingerprint density at radius 1 is 1.64 bits per heavy atom. The predicted molar refractivity (Wildman–Crippen MR) is 58.8 cm³/mol. The van der Waals surface area contributed by atoms with Crippen LogP contribution in [-0.2, 0) is 4.74 Å². The second kappa shape index (κ2) is 6.14. The summed E-state index contributed by atoms with van der Waals surface area (Å²) >= 11 is 1.66. The van der Waals surface area contributed by atoms with Crippen molar-refractivity contribution in [2.75, 3.05) is 26.8 Å². The number of aryl methyl sites for hydroxylation is 1. The Bertz CT molecular complexity index is 262. The van der Waals surface area contributed by atoms with E-state index in [1.54, 1.807) is 18.4 Å². The maximum Gasteiger partial charge on any atom is 0.0922 e. The first-order valence-corrected chi connectivity index (χ1v) is 5.54. The molecule has 0 aliphatic heterocycles. The highest BCUT2D eigenvalue weighted by molar-refractivity contribution is 7.10. The fraction of sp³-hybridized carbons (Fsp3) is 0.600. The molecule has 2 N–H and O–H groups in total. The van der Waals surface area contributed by atoms with E-state index in [9.17, 15) is 5.11 Å². The van der Waals surface area contributed by atoms with Crippen molar-refractivity contribution in [1.29, 1.82) is 0 Å². The lowest BCUT2D eigenvalue weighted by Gasteiger charge is -2.09. The summed E-state index contributed by atoms with van der Waals surface area (Å²) in [5.74, 6) is 0. The van der Waals surface area contributed by atoms with Crippen molar-refractivity contribution in [3.8, 4) is 0 Å². The molecule has 0 radical (unpaired) electrons. The standard InChI is InChI=1S/C10H17NO2S/c1-8-5-9(7-14-8)10(12)6-11-3-4-13-2/h5,7,10-12H,3-4,6H2,1-2H3. The fourth-order valence-electron chi connectivity index (χ4n) is 1.17. The third kappa shape index (κ3) is 3.75. The fourth-order valence-corrected chi connectivity index (χ4v) is 1.92. The van der Waals surface area contributed by atoms with E-state index in [0.717, 1.165) is 12.1 Å². The molecule has 0 aromatic carbocycles. The predicted octanol–water partition coefficient (Wildman–Crippen LogP) is 1.33. The zero-order chi connectivity index (χ0) is 10.4. The number of ether oxygens (including phenoxy) is 1. The first kappa shape index (κ1) is 11.7. The number of aliphatic hydroxyl groups is 1. The largest absolute Gasteiger partial charge is 0.387 e. The SMILES string of the molecule is COCCNCC(O)c1csc(C)c1. The van der Waals surface area contributed by atoms with Crippen LogP contribution in [0.1, 0.15) is 16.5 Å². The first-order chi connectivity index (χ1) is 6.74. The van der Waals surface area contributed by atoms with Gasteiger partial charge >= 0.3 is 0 Å². The Morgan fingerprint density at radius 2 is 2.43 bits per heavy atom. The van der Waals surface area contributed by atoms with Crippen LogP contribution < -0.4 is 5.32 Å². The Hall–Kier alpha value is -0.420. The molecule has 0 saturated heterocycles. The highest BCUT2D eigenvalue weighted by Crippen LogP contribution is 2.19. The lowest BCUT2D eigenvalue weighted by Crippen LogP contribution is -2.24. The molecule has 80 valence electrons. The van der Waals surface area contributed by atoms with Crippen LogP contribution in [0.25, 0.3) is 0 Å². The lowest BCUT2D eigenvalue weighted by atomic mass is 10.2. The summed E-state index contributed by atoms with van der Waals surface area (Å²) in [5, 5.41) is 14.9. The van der Waals surface area contributed by atoms with Gasteiger partial charge < -0.3 is 15.2 Å². The third-order valence-electron chi connectivity index (χ3n) is 1.96. The van der Waals surface area contributed by atoms with Gasteiger partial charge in [0, 0.05) is 25.1 Å². The van der Waals surface area contributed by atoms with Crippen molar-refractivity contribution < 1.29 is 9.84 Å². The summed E-state index contributed by atoms with van der Waals surface area (Å²) in [4.78, 5) is 1.23. The second-order valence-corrected chi connectivity index (χ2v) is 4.32. The lowest BCUT2D eigenvalue weighted by molar-refractivity contribution is 0.162. The zero-order valence-electron chi connectivity index (χ0n) is 8.62. The Balaban J connectivity index is 2.25. The van der Waals surface area contributed by atoms with Gasteiger partial charge in [0.2, 0.25) is 0 Å². The molecule has 1 atom stereocenters. The summed E-state index contributed by atoms with van der Waals surface area (Å²) in [7, 11) is 1.67. The van der Waals surface area contributed by atoms with E-state index in [-0.39, 0.29) is 0 Å². The molecule has 0 fully saturated rings. The van der Waals surface area contributed by atoms with Gasteiger partial charge in [-0.1, -0.05) is 0 Å². The number of methoxy groups -OCH3 is 1. The average Bonchev–Trinajstić information content (AvgIpc) is 2.59. The second-order valence-electron chi connectivity index (χ2n) is 3.20. The maximum atomic E-state index is 9.74. The smallest absolute Gasteiger partial charge is 0.0922 e. The molecule has 0 spiro atoms. The van der Waals surface area contributed by atoms with E-state index in [1.807, 2.05) is 18.4 Å². The van der Waals surface area contributed by atoms with Gasteiger partial charge in [-0.25, -0.2) is 0 Å². The molecule has 1 aromatic rings. The molecule has 0 bridgehead atoms. The van der Waals surface area contributed by atoms with Gasteiger partial charge in [0.15, 0.2) is 0 Å².